The number of nitrogens with zero attached hydrogens (tertiary/aromatic N) is 2. The highest BCUT2D eigenvalue weighted by atomic mass is 35.5. The number of nitrogens with one attached hydrogen (secondary N) is 1. The summed E-state index contributed by atoms with van der Waals surface area (Å²) in [6, 6.07) is 23.2. The average Bonchev–Trinajstić information content (AvgIpc) is 3.25. The molecule has 0 radical (unpaired) electrons. The summed E-state index contributed by atoms with van der Waals surface area (Å²) in [7, 11) is 2.04. The lowest BCUT2D eigenvalue weighted by molar-refractivity contribution is -0.122. The highest BCUT2D eigenvalue weighted by molar-refractivity contribution is 6.30. The molecule has 0 unspecified atom stereocenters. The lowest BCUT2D eigenvalue weighted by Crippen LogP contribution is -2.40. The van der Waals surface area contributed by atoms with Gasteiger partial charge in [0.15, 0.2) is 0 Å². The van der Waals surface area contributed by atoms with Gasteiger partial charge in [-0.2, -0.15) is 0 Å². The van der Waals surface area contributed by atoms with Crippen LogP contribution in [-0.2, 0) is 18.3 Å². The van der Waals surface area contributed by atoms with Crippen molar-refractivity contribution in [2.75, 3.05) is 13.1 Å². The maximum absolute atomic E-state index is 13.4. The van der Waals surface area contributed by atoms with Crippen molar-refractivity contribution in [1.82, 2.24) is 14.8 Å². The minimum Gasteiger partial charge on any atom is -0.354 e. The van der Waals surface area contributed by atoms with Crippen molar-refractivity contribution in [1.29, 1.82) is 0 Å². The molecule has 1 atom stereocenters. The number of halogens is 1. The van der Waals surface area contributed by atoms with E-state index in [0.717, 1.165) is 33.3 Å². The highest BCUT2D eigenvalue weighted by Crippen LogP contribution is 2.43. The number of benzene rings is 3. The van der Waals surface area contributed by atoms with Crippen LogP contribution in [0.25, 0.3) is 10.9 Å². The van der Waals surface area contributed by atoms with E-state index in [1.165, 1.54) is 0 Å². The van der Waals surface area contributed by atoms with Gasteiger partial charge in [-0.05, 0) is 48.7 Å². The minimum atomic E-state index is -0.309. The number of aryl methyl sites for hydroxylation is 1. The molecular weight excluding hydrogens is 446 g/mol. The summed E-state index contributed by atoms with van der Waals surface area (Å²) in [6.45, 7) is 2.57. The second kappa shape index (κ2) is 8.99. The molecule has 3 aromatic carbocycles. The van der Waals surface area contributed by atoms with E-state index in [2.05, 4.69) is 28.9 Å². The number of aromatic nitrogens is 1. The molecule has 5 nitrogen and oxygen atoms in total. The van der Waals surface area contributed by atoms with Gasteiger partial charge in [-0.15, -0.1) is 0 Å². The van der Waals surface area contributed by atoms with Crippen LogP contribution in [0.5, 0.6) is 0 Å². The number of carbonyl (C=O) groups is 2. The summed E-state index contributed by atoms with van der Waals surface area (Å²) < 4.78 is 2.15. The molecule has 0 spiro atoms. The van der Waals surface area contributed by atoms with Gasteiger partial charge < -0.3 is 14.8 Å². The maximum Gasteiger partial charge on any atom is 0.255 e. The second-order valence-electron chi connectivity index (χ2n) is 8.72. The van der Waals surface area contributed by atoms with Gasteiger partial charge >= 0.3 is 0 Å². The Hall–Kier alpha value is -3.57. The summed E-state index contributed by atoms with van der Waals surface area (Å²) in [5.74, 6) is -0.279. The summed E-state index contributed by atoms with van der Waals surface area (Å²) in [5.41, 5.74) is 5.97. The predicted octanol–water partition coefficient (Wildman–Crippen LogP) is 5.04. The Labute approximate surface area is 203 Å². The summed E-state index contributed by atoms with van der Waals surface area (Å²) in [6.07, 6.45) is 0.697. The Morgan fingerprint density at radius 2 is 1.71 bits per heavy atom. The lowest BCUT2D eigenvalue weighted by atomic mass is 9.95. The monoisotopic (exact) mass is 471 g/mol. The Morgan fingerprint density at radius 3 is 2.50 bits per heavy atom. The first-order valence-corrected chi connectivity index (χ1v) is 11.8. The molecule has 6 heteroatoms. The van der Waals surface area contributed by atoms with E-state index < -0.39 is 0 Å². The second-order valence-corrected chi connectivity index (χ2v) is 9.16. The van der Waals surface area contributed by atoms with Crippen molar-refractivity contribution in [2.24, 2.45) is 7.05 Å². The summed E-state index contributed by atoms with van der Waals surface area (Å²) >= 11 is 5.95. The van der Waals surface area contributed by atoms with Crippen molar-refractivity contribution in [3.63, 3.8) is 0 Å². The quantitative estimate of drug-likeness (QED) is 0.428. The fourth-order valence-electron chi connectivity index (χ4n) is 4.95. The zero-order valence-electron chi connectivity index (χ0n) is 19.2. The van der Waals surface area contributed by atoms with Gasteiger partial charge in [-0.1, -0.05) is 60.1 Å². The van der Waals surface area contributed by atoms with Crippen molar-refractivity contribution in [2.45, 2.75) is 19.4 Å². The van der Waals surface area contributed by atoms with Gasteiger partial charge in [0.05, 0.1) is 6.04 Å². The van der Waals surface area contributed by atoms with E-state index in [0.29, 0.717) is 23.6 Å². The molecule has 0 bridgehead atoms. The van der Waals surface area contributed by atoms with Crippen LogP contribution >= 0.6 is 11.6 Å². The molecule has 4 aromatic rings. The molecule has 1 N–H and O–H groups in total. The SMILES string of the molecule is Cc1c([C@@H]2c3ccccc3C(=O)N2CC(=O)NCCc2ccc(Cl)cc2)c2ccccc2n1C. The van der Waals surface area contributed by atoms with Gasteiger partial charge in [-0.25, -0.2) is 0 Å². The van der Waals surface area contributed by atoms with Crippen molar-refractivity contribution in [3.8, 4) is 0 Å². The van der Waals surface area contributed by atoms with E-state index in [1.807, 2.05) is 67.7 Å². The van der Waals surface area contributed by atoms with Crippen LogP contribution in [0.2, 0.25) is 5.02 Å². The van der Waals surface area contributed by atoms with Crippen molar-refractivity contribution < 1.29 is 9.59 Å². The fourth-order valence-corrected chi connectivity index (χ4v) is 5.07. The summed E-state index contributed by atoms with van der Waals surface area (Å²) in [4.78, 5) is 28.1. The van der Waals surface area contributed by atoms with Gasteiger partial charge in [-0.3, -0.25) is 9.59 Å². The largest absolute Gasteiger partial charge is 0.354 e. The molecule has 0 saturated carbocycles. The minimum absolute atomic E-state index is 0.00145. The molecule has 0 aliphatic carbocycles. The molecule has 1 aliphatic heterocycles. The van der Waals surface area contributed by atoms with Crippen LogP contribution < -0.4 is 5.32 Å². The first-order valence-electron chi connectivity index (χ1n) is 11.4. The third-order valence-corrected chi connectivity index (χ3v) is 7.00. The van der Waals surface area contributed by atoms with Crippen LogP contribution in [0.15, 0.2) is 72.8 Å². The van der Waals surface area contributed by atoms with E-state index in [1.54, 1.807) is 4.90 Å². The van der Waals surface area contributed by atoms with E-state index in [4.69, 9.17) is 11.6 Å². The Balaban J connectivity index is 1.42. The Bertz CT molecular complexity index is 1390. The fraction of sp³-hybridized carbons (Fsp3) is 0.214. The normalized spacial score (nSPS) is 15.1. The van der Waals surface area contributed by atoms with E-state index in [-0.39, 0.29) is 24.4 Å². The van der Waals surface area contributed by atoms with Crippen LogP contribution in [0.3, 0.4) is 0 Å². The zero-order chi connectivity index (χ0) is 23.8. The maximum atomic E-state index is 13.4. The van der Waals surface area contributed by atoms with Crippen LogP contribution in [0.4, 0.5) is 0 Å². The number of carbonyl (C=O) groups excluding carboxylic acids is 2. The van der Waals surface area contributed by atoms with Gasteiger partial charge in [0.1, 0.15) is 6.54 Å². The number of hydrogen-bond donors (Lipinski definition) is 1. The Kier molecular flexibility index (Phi) is 5.88. The molecule has 0 saturated heterocycles. The lowest BCUT2D eigenvalue weighted by Gasteiger charge is -2.26. The number of para-hydroxylation sites is 1. The average molecular weight is 472 g/mol. The van der Waals surface area contributed by atoms with Crippen LogP contribution in [-0.4, -0.2) is 34.4 Å². The number of fused-ring (bicyclic) bond motifs is 2. The third kappa shape index (κ3) is 3.86. The topological polar surface area (TPSA) is 54.3 Å². The smallest absolute Gasteiger partial charge is 0.255 e. The standard InChI is InChI=1S/C28H26ClN3O2/c1-18-26(23-9-5-6-10-24(23)31(18)2)27-21-7-3-4-8-22(21)28(34)32(27)17-25(33)30-16-15-19-11-13-20(29)14-12-19/h3-14,27H,15-17H2,1-2H3,(H,30,33)/t27-/m0/s1. The van der Waals surface area contributed by atoms with Crippen LogP contribution in [0, 0.1) is 6.92 Å². The summed E-state index contributed by atoms with van der Waals surface area (Å²) in [5, 5.41) is 4.77. The molecular formula is C28H26ClN3O2. The first kappa shape index (κ1) is 22.2. The van der Waals surface area contributed by atoms with Crippen molar-refractivity contribution >= 4 is 34.3 Å². The molecule has 0 fully saturated rings. The Morgan fingerprint density at radius 1 is 1.00 bits per heavy atom. The highest BCUT2D eigenvalue weighted by Gasteiger charge is 2.40. The zero-order valence-corrected chi connectivity index (χ0v) is 20.0. The van der Waals surface area contributed by atoms with E-state index in [9.17, 15) is 9.59 Å². The van der Waals surface area contributed by atoms with Gasteiger partial charge in [0, 0.05) is 46.3 Å². The molecule has 5 rings (SSSR count). The van der Waals surface area contributed by atoms with Gasteiger partial charge in [0.2, 0.25) is 5.91 Å². The predicted molar refractivity (Wildman–Crippen MR) is 135 cm³/mol. The third-order valence-electron chi connectivity index (χ3n) is 6.74. The number of rotatable bonds is 6. The van der Waals surface area contributed by atoms with Crippen LogP contribution in [0.1, 0.15) is 38.8 Å². The van der Waals surface area contributed by atoms with Gasteiger partial charge in [0.25, 0.3) is 5.91 Å². The van der Waals surface area contributed by atoms with E-state index >= 15 is 0 Å². The molecule has 172 valence electrons. The van der Waals surface area contributed by atoms with Crippen molar-refractivity contribution in [3.05, 3.63) is 106 Å². The molecule has 34 heavy (non-hydrogen) atoms. The number of hydrogen-bond acceptors (Lipinski definition) is 2. The molecule has 2 amide bonds. The number of amides is 2. The molecule has 1 aliphatic rings. The first-order chi connectivity index (χ1) is 16.5. The molecule has 1 aromatic heterocycles. The molecule has 2 heterocycles.